The van der Waals surface area contributed by atoms with E-state index < -0.39 is 6.03 Å². The summed E-state index contributed by atoms with van der Waals surface area (Å²) < 4.78 is 0. The number of hydrogen-bond donors (Lipinski definition) is 3. The third-order valence-corrected chi connectivity index (χ3v) is 3.09. The van der Waals surface area contributed by atoms with E-state index in [0.29, 0.717) is 11.4 Å². The lowest BCUT2D eigenvalue weighted by Crippen LogP contribution is -2.26. The Kier molecular flexibility index (Phi) is 6.06. The van der Waals surface area contributed by atoms with Gasteiger partial charge in [-0.1, -0.05) is 34.8 Å². The number of rotatable bonds is 4. The summed E-state index contributed by atoms with van der Waals surface area (Å²) in [5.74, 6) is -0.377. The third kappa shape index (κ3) is 5.24. The molecule has 108 valence electrons. The number of benzene rings is 1. The second-order valence-corrected chi connectivity index (χ2v) is 5.02. The van der Waals surface area contributed by atoms with Gasteiger partial charge in [-0.15, -0.1) is 0 Å². The third-order valence-electron chi connectivity index (χ3n) is 2.06. The van der Waals surface area contributed by atoms with Crippen molar-refractivity contribution in [2.45, 2.75) is 13.3 Å². The molecule has 0 saturated heterocycles. The fourth-order valence-electron chi connectivity index (χ4n) is 1.24. The second-order valence-electron chi connectivity index (χ2n) is 3.79. The molecule has 0 aliphatic heterocycles. The van der Waals surface area contributed by atoms with Gasteiger partial charge in [0.05, 0.1) is 27.2 Å². The molecule has 0 aliphatic rings. The van der Waals surface area contributed by atoms with Crippen LogP contribution < -0.4 is 16.5 Å². The molecule has 0 aliphatic carbocycles. The lowest BCUT2D eigenvalue weighted by Gasteiger charge is -2.08. The smallest absolute Gasteiger partial charge is 0.332 e. The fraction of sp³-hybridized carbons (Fsp3) is 0.182. The minimum Gasteiger partial charge on any atom is -0.350 e. The van der Waals surface area contributed by atoms with Crippen LogP contribution in [0.15, 0.2) is 17.2 Å². The van der Waals surface area contributed by atoms with E-state index in [2.05, 4.69) is 10.4 Å². The number of carbonyl (C=O) groups is 2. The first kappa shape index (κ1) is 16.6. The number of anilines is 1. The van der Waals surface area contributed by atoms with Gasteiger partial charge in [0, 0.05) is 5.71 Å². The molecule has 0 spiro atoms. The van der Waals surface area contributed by atoms with Crippen LogP contribution in [0.4, 0.5) is 10.5 Å². The first-order valence-corrected chi connectivity index (χ1v) is 6.46. The molecule has 0 saturated carbocycles. The Morgan fingerprint density at radius 3 is 2.40 bits per heavy atom. The summed E-state index contributed by atoms with van der Waals surface area (Å²) in [5.41, 5.74) is 7.58. The number of nitrogens with zero attached hydrogens (tertiary/aromatic N) is 1. The number of primary amides is 1. The van der Waals surface area contributed by atoms with Crippen molar-refractivity contribution < 1.29 is 9.59 Å². The molecule has 0 heterocycles. The number of hydrazone groups is 1. The number of nitrogens with two attached hydrogens (primary N) is 1. The number of halogens is 3. The Hall–Kier alpha value is -1.50. The van der Waals surface area contributed by atoms with Gasteiger partial charge in [-0.3, -0.25) is 4.79 Å². The van der Waals surface area contributed by atoms with Crippen LogP contribution in [-0.2, 0) is 4.79 Å². The van der Waals surface area contributed by atoms with E-state index in [-0.39, 0.29) is 27.4 Å². The van der Waals surface area contributed by atoms with Crippen LogP contribution in [0.5, 0.6) is 0 Å². The molecular weight excluding hydrogens is 327 g/mol. The molecule has 0 bridgehead atoms. The minimum absolute atomic E-state index is 0.0448. The van der Waals surface area contributed by atoms with Gasteiger partial charge < -0.3 is 11.1 Å². The zero-order valence-corrected chi connectivity index (χ0v) is 12.6. The van der Waals surface area contributed by atoms with Crippen LogP contribution in [0, 0.1) is 0 Å². The van der Waals surface area contributed by atoms with Crippen molar-refractivity contribution in [3.8, 4) is 0 Å². The van der Waals surface area contributed by atoms with Gasteiger partial charge in [-0.2, -0.15) is 5.10 Å². The highest BCUT2D eigenvalue weighted by atomic mass is 35.5. The number of amides is 3. The lowest BCUT2D eigenvalue weighted by atomic mass is 10.2. The monoisotopic (exact) mass is 336 g/mol. The van der Waals surface area contributed by atoms with Gasteiger partial charge in [-0.25, -0.2) is 10.2 Å². The zero-order valence-electron chi connectivity index (χ0n) is 10.3. The molecule has 4 N–H and O–H groups in total. The molecule has 0 aromatic heterocycles. The Morgan fingerprint density at radius 2 is 1.80 bits per heavy atom. The van der Waals surface area contributed by atoms with Gasteiger partial charge in [0.1, 0.15) is 0 Å². The van der Waals surface area contributed by atoms with E-state index >= 15 is 0 Å². The molecule has 3 amide bonds. The largest absolute Gasteiger partial charge is 0.350 e. The Labute approximate surface area is 130 Å². The summed E-state index contributed by atoms with van der Waals surface area (Å²) in [7, 11) is 0. The SMILES string of the molecule is C/C(CC(=O)Nc1cc(Cl)c(Cl)cc1Cl)=N\NC(N)=O. The average Bonchev–Trinajstić information content (AvgIpc) is 2.33. The quantitative estimate of drug-likeness (QED) is 0.447. The molecule has 9 heteroatoms. The van der Waals surface area contributed by atoms with Crippen LogP contribution in [0.3, 0.4) is 0 Å². The Morgan fingerprint density at radius 1 is 1.20 bits per heavy atom. The second kappa shape index (κ2) is 7.33. The van der Waals surface area contributed by atoms with E-state index in [1.165, 1.54) is 12.1 Å². The van der Waals surface area contributed by atoms with Crippen molar-refractivity contribution in [1.82, 2.24) is 5.43 Å². The number of carbonyl (C=O) groups excluding carboxylic acids is 2. The number of urea groups is 1. The first-order chi connectivity index (χ1) is 9.29. The molecule has 0 atom stereocenters. The van der Waals surface area contributed by atoms with E-state index in [1.807, 2.05) is 5.43 Å². The van der Waals surface area contributed by atoms with Gasteiger partial charge in [0.2, 0.25) is 5.91 Å². The van der Waals surface area contributed by atoms with E-state index in [1.54, 1.807) is 6.92 Å². The van der Waals surface area contributed by atoms with E-state index in [4.69, 9.17) is 40.5 Å². The average molecular weight is 338 g/mol. The highest BCUT2D eigenvalue weighted by molar-refractivity contribution is 6.44. The van der Waals surface area contributed by atoms with Crippen LogP contribution in [0.25, 0.3) is 0 Å². The molecule has 1 rings (SSSR count). The molecule has 6 nitrogen and oxygen atoms in total. The predicted molar refractivity (Wildman–Crippen MR) is 80.5 cm³/mol. The predicted octanol–water partition coefficient (Wildman–Crippen LogP) is 3.02. The summed E-state index contributed by atoms with van der Waals surface area (Å²) in [6, 6.07) is 2.06. The van der Waals surface area contributed by atoms with Crippen molar-refractivity contribution >= 4 is 58.1 Å². The zero-order chi connectivity index (χ0) is 15.3. The van der Waals surface area contributed by atoms with Crippen LogP contribution >= 0.6 is 34.8 Å². The molecule has 1 aromatic carbocycles. The fourth-order valence-corrected chi connectivity index (χ4v) is 1.83. The van der Waals surface area contributed by atoms with Crippen molar-refractivity contribution in [2.75, 3.05) is 5.32 Å². The topological polar surface area (TPSA) is 96.6 Å². The summed E-state index contributed by atoms with van der Waals surface area (Å²) in [6.07, 6.45) is -0.0448. The molecule has 20 heavy (non-hydrogen) atoms. The maximum absolute atomic E-state index is 11.7. The first-order valence-electron chi connectivity index (χ1n) is 5.32. The molecule has 0 unspecified atom stereocenters. The Balaban J connectivity index is 2.70. The van der Waals surface area contributed by atoms with E-state index in [9.17, 15) is 9.59 Å². The number of hydrogen-bond acceptors (Lipinski definition) is 3. The van der Waals surface area contributed by atoms with Gasteiger partial charge >= 0.3 is 6.03 Å². The summed E-state index contributed by atoms with van der Waals surface area (Å²) in [5, 5.41) is 6.99. The lowest BCUT2D eigenvalue weighted by molar-refractivity contribution is -0.115. The van der Waals surface area contributed by atoms with Crippen LogP contribution in [0.1, 0.15) is 13.3 Å². The molecule has 0 fully saturated rings. The van der Waals surface area contributed by atoms with Gasteiger partial charge in [0.15, 0.2) is 0 Å². The normalized spacial score (nSPS) is 11.1. The Bertz CT molecular complexity index is 575. The van der Waals surface area contributed by atoms with E-state index in [0.717, 1.165) is 0 Å². The molecule has 1 aromatic rings. The van der Waals surface area contributed by atoms with Crippen molar-refractivity contribution in [3.05, 3.63) is 27.2 Å². The molecular formula is C11H11Cl3N4O2. The maximum atomic E-state index is 11.7. The van der Waals surface area contributed by atoms with Crippen LogP contribution in [0.2, 0.25) is 15.1 Å². The number of nitrogens with one attached hydrogen (secondary N) is 2. The van der Waals surface area contributed by atoms with Crippen molar-refractivity contribution in [3.63, 3.8) is 0 Å². The van der Waals surface area contributed by atoms with Crippen LogP contribution in [-0.4, -0.2) is 17.6 Å². The highest BCUT2D eigenvalue weighted by Crippen LogP contribution is 2.32. The maximum Gasteiger partial charge on any atom is 0.332 e. The van der Waals surface area contributed by atoms with Gasteiger partial charge in [0.25, 0.3) is 0 Å². The summed E-state index contributed by atoms with van der Waals surface area (Å²) in [4.78, 5) is 22.2. The minimum atomic E-state index is -0.808. The van der Waals surface area contributed by atoms with Crippen molar-refractivity contribution in [1.29, 1.82) is 0 Å². The van der Waals surface area contributed by atoms with Crippen molar-refractivity contribution in [2.24, 2.45) is 10.8 Å². The standard InChI is InChI=1S/C11H11Cl3N4O2/c1-5(17-18-11(15)20)2-10(19)16-9-4-7(13)6(12)3-8(9)14/h3-4H,2H2,1H3,(H,16,19)(H3,15,18,20)/b17-5+. The van der Waals surface area contributed by atoms with Gasteiger partial charge in [-0.05, 0) is 19.1 Å². The molecule has 0 radical (unpaired) electrons. The highest BCUT2D eigenvalue weighted by Gasteiger charge is 2.10. The summed E-state index contributed by atoms with van der Waals surface area (Å²) >= 11 is 17.5. The summed E-state index contributed by atoms with van der Waals surface area (Å²) in [6.45, 7) is 1.56.